The Kier molecular flexibility index (Phi) is 4.97. The number of piperazine rings is 1. The Bertz CT molecular complexity index is 1150. The molecule has 30 heavy (non-hydrogen) atoms. The second kappa shape index (κ2) is 7.78. The largest absolute Gasteiger partial charge is 0.454 e. The second-order valence-electron chi connectivity index (χ2n) is 8.60. The lowest BCUT2D eigenvalue weighted by Gasteiger charge is -2.30. The number of fused-ring (bicyclic) bond motifs is 2. The van der Waals surface area contributed by atoms with Gasteiger partial charge in [0, 0.05) is 16.6 Å². The summed E-state index contributed by atoms with van der Waals surface area (Å²) in [5.74, 6) is 1.70. The van der Waals surface area contributed by atoms with Crippen LogP contribution in [-0.2, 0) is 13.1 Å². The summed E-state index contributed by atoms with van der Waals surface area (Å²) in [4.78, 5) is 19.7. The van der Waals surface area contributed by atoms with Crippen molar-refractivity contribution in [1.82, 2.24) is 4.98 Å². The van der Waals surface area contributed by atoms with Crippen molar-refractivity contribution in [2.24, 2.45) is 0 Å². The van der Waals surface area contributed by atoms with Crippen LogP contribution in [0, 0.1) is 13.8 Å². The van der Waals surface area contributed by atoms with E-state index in [1.54, 1.807) is 4.90 Å². The van der Waals surface area contributed by atoms with Crippen LogP contribution >= 0.6 is 0 Å². The molecule has 0 saturated carbocycles. The smallest absolute Gasteiger partial charge is 0.231 e. The average molecular weight is 408 g/mol. The molecule has 3 aromatic rings. The van der Waals surface area contributed by atoms with Gasteiger partial charge >= 0.3 is 0 Å². The van der Waals surface area contributed by atoms with E-state index in [1.807, 2.05) is 38.1 Å². The fourth-order valence-corrected chi connectivity index (χ4v) is 4.73. The van der Waals surface area contributed by atoms with Gasteiger partial charge in [-0.2, -0.15) is 0 Å². The van der Waals surface area contributed by atoms with Crippen molar-refractivity contribution in [1.29, 1.82) is 0 Å². The van der Waals surface area contributed by atoms with Crippen LogP contribution in [0.5, 0.6) is 11.5 Å². The van der Waals surface area contributed by atoms with Crippen LogP contribution in [0.4, 0.5) is 0 Å². The van der Waals surface area contributed by atoms with E-state index in [9.17, 15) is 4.79 Å². The number of aromatic nitrogens is 1. The van der Waals surface area contributed by atoms with Gasteiger partial charge in [0.25, 0.3) is 0 Å². The number of pyridine rings is 1. The van der Waals surface area contributed by atoms with Gasteiger partial charge in [-0.15, -0.1) is 0 Å². The summed E-state index contributed by atoms with van der Waals surface area (Å²) in [6.07, 6.45) is 0. The molecule has 3 heterocycles. The molecule has 2 aromatic carbocycles. The van der Waals surface area contributed by atoms with Crippen molar-refractivity contribution in [3.63, 3.8) is 0 Å². The normalized spacial score (nSPS) is 20.6. The molecule has 3 N–H and O–H groups in total. The third kappa shape index (κ3) is 3.57. The highest BCUT2D eigenvalue weighted by Gasteiger charge is 2.25. The maximum absolute atomic E-state index is 13.1. The van der Waals surface area contributed by atoms with E-state index < -0.39 is 0 Å². The summed E-state index contributed by atoms with van der Waals surface area (Å²) >= 11 is 0. The average Bonchev–Trinajstić information content (AvgIpc) is 3.21. The zero-order valence-corrected chi connectivity index (χ0v) is 17.6. The van der Waals surface area contributed by atoms with Crippen LogP contribution in [0.2, 0.25) is 0 Å². The van der Waals surface area contributed by atoms with E-state index in [2.05, 4.69) is 17.1 Å². The predicted molar refractivity (Wildman–Crippen MR) is 115 cm³/mol. The molecule has 6 heteroatoms. The standard InChI is InChI=1S/C24H27N3O3/c1-16-4-3-5-19-23(16)25-17(2)20(24(19)28)14-27-10-8-26(9-11-27)13-18-6-7-21-22(12-18)30-15-29-21/h3-7,12H,8-11,13-15H2,1-2H3,(H,25,28)/p+2. The molecular weight excluding hydrogens is 378 g/mol. The van der Waals surface area contributed by atoms with Crippen LogP contribution in [0.15, 0.2) is 41.2 Å². The Balaban J connectivity index is 1.25. The Morgan fingerprint density at radius 3 is 2.47 bits per heavy atom. The van der Waals surface area contributed by atoms with E-state index in [4.69, 9.17) is 9.47 Å². The van der Waals surface area contributed by atoms with Gasteiger partial charge in [-0.1, -0.05) is 12.1 Å². The number of ether oxygens (including phenoxy) is 2. The van der Waals surface area contributed by atoms with Crippen molar-refractivity contribution in [2.75, 3.05) is 33.0 Å². The molecule has 156 valence electrons. The lowest BCUT2D eigenvalue weighted by atomic mass is 10.1. The highest BCUT2D eigenvalue weighted by molar-refractivity contribution is 5.82. The van der Waals surface area contributed by atoms with Gasteiger partial charge in [0.1, 0.15) is 39.3 Å². The maximum Gasteiger partial charge on any atom is 0.231 e. The van der Waals surface area contributed by atoms with Crippen LogP contribution in [0.25, 0.3) is 10.9 Å². The lowest BCUT2D eigenvalue weighted by Crippen LogP contribution is -3.27. The van der Waals surface area contributed by atoms with Gasteiger partial charge in [0.15, 0.2) is 16.9 Å². The van der Waals surface area contributed by atoms with Crippen LogP contribution in [0.3, 0.4) is 0 Å². The van der Waals surface area contributed by atoms with Gasteiger partial charge in [0.2, 0.25) is 6.79 Å². The minimum Gasteiger partial charge on any atom is -0.454 e. The zero-order chi connectivity index (χ0) is 20.7. The van der Waals surface area contributed by atoms with Crippen LogP contribution in [-0.4, -0.2) is 38.0 Å². The number of quaternary nitrogens is 2. The number of benzene rings is 2. The van der Waals surface area contributed by atoms with Crippen molar-refractivity contribution in [3.05, 3.63) is 69.0 Å². The number of nitrogens with one attached hydrogen (secondary N) is 3. The van der Waals surface area contributed by atoms with Gasteiger partial charge < -0.3 is 24.3 Å². The minimum atomic E-state index is 0.188. The number of hydrogen-bond donors (Lipinski definition) is 3. The first-order chi connectivity index (χ1) is 14.6. The second-order valence-corrected chi connectivity index (χ2v) is 8.60. The number of H-pyrrole nitrogens is 1. The Morgan fingerprint density at radius 2 is 1.67 bits per heavy atom. The predicted octanol–water partition coefficient (Wildman–Crippen LogP) is 0.357. The first kappa shape index (κ1) is 19.2. The molecule has 1 saturated heterocycles. The molecule has 0 radical (unpaired) electrons. The maximum atomic E-state index is 13.1. The number of hydrogen-bond acceptors (Lipinski definition) is 3. The molecule has 0 atom stereocenters. The number of aromatic amines is 1. The first-order valence-corrected chi connectivity index (χ1v) is 10.8. The number of rotatable bonds is 4. The van der Waals surface area contributed by atoms with E-state index >= 15 is 0 Å². The Hall–Kier alpha value is -2.83. The molecule has 0 spiro atoms. The zero-order valence-electron chi connectivity index (χ0n) is 17.6. The van der Waals surface area contributed by atoms with Crippen molar-refractivity contribution < 1.29 is 19.3 Å². The molecule has 0 aliphatic carbocycles. The fraction of sp³-hybridized carbons (Fsp3) is 0.375. The monoisotopic (exact) mass is 407 g/mol. The summed E-state index contributed by atoms with van der Waals surface area (Å²) in [5, 5.41) is 0.807. The topological polar surface area (TPSA) is 60.2 Å². The van der Waals surface area contributed by atoms with Gasteiger partial charge in [0.05, 0.1) is 11.1 Å². The summed E-state index contributed by atoms with van der Waals surface area (Å²) in [7, 11) is 0. The SMILES string of the molecule is Cc1[nH]c2c(C)cccc2c(=O)c1C[NH+]1CC[NH+](Cc2ccc3c(c2)OCO3)CC1. The molecule has 1 fully saturated rings. The molecule has 0 amide bonds. The fourth-order valence-electron chi connectivity index (χ4n) is 4.73. The van der Waals surface area contributed by atoms with E-state index in [0.29, 0.717) is 6.79 Å². The molecule has 0 unspecified atom stereocenters. The molecule has 6 nitrogen and oxygen atoms in total. The summed E-state index contributed by atoms with van der Waals surface area (Å²) in [5.41, 5.74) is 5.50. The molecule has 1 aromatic heterocycles. The van der Waals surface area contributed by atoms with Gasteiger partial charge in [-0.3, -0.25) is 4.79 Å². The van der Waals surface area contributed by atoms with E-state index in [1.165, 1.54) is 10.5 Å². The number of para-hydroxylation sites is 1. The van der Waals surface area contributed by atoms with Gasteiger partial charge in [-0.05, 0) is 43.7 Å². The lowest BCUT2D eigenvalue weighted by molar-refractivity contribution is -1.02. The third-order valence-corrected chi connectivity index (χ3v) is 6.54. The quantitative estimate of drug-likeness (QED) is 0.585. The Morgan fingerprint density at radius 1 is 0.933 bits per heavy atom. The van der Waals surface area contributed by atoms with E-state index in [0.717, 1.165) is 78.5 Å². The molecular formula is C24H29N3O3+2. The third-order valence-electron chi connectivity index (χ3n) is 6.54. The van der Waals surface area contributed by atoms with Crippen LogP contribution < -0.4 is 24.7 Å². The first-order valence-electron chi connectivity index (χ1n) is 10.8. The highest BCUT2D eigenvalue weighted by Crippen LogP contribution is 2.32. The Labute approximate surface area is 176 Å². The van der Waals surface area contributed by atoms with E-state index in [-0.39, 0.29) is 5.43 Å². The molecule has 2 aliphatic heterocycles. The minimum absolute atomic E-state index is 0.188. The molecule has 5 rings (SSSR count). The molecule has 2 aliphatic rings. The van der Waals surface area contributed by atoms with Crippen molar-refractivity contribution in [3.8, 4) is 11.5 Å². The summed E-state index contributed by atoms with van der Waals surface area (Å²) in [6.45, 7) is 10.5. The molecule has 0 bridgehead atoms. The number of aryl methyl sites for hydroxylation is 2. The van der Waals surface area contributed by atoms with Crippen molar-refractivity contribution >= 4 is 10.9 Å². The highest BCUT2D eigenvalue weighted by atomic mass is 16.7. The summed E-state index contributed by atoms with van der Waals surface area (Å²) < 4.78 is 10.9. The van der Waals surface area contributed by atoms with Gasteiger partial charge in [-0.25, -0.2) is 0 Å². The summed E-state index contributed by atoms with van der Waals surface area (Å²) in [6, 6.07) is 12.2. The van der Waals surface area contributed by atoms with Crippen molar-refractivity contribution in [2.45, 2.75) is 26.9 Å². The van der Waals surface area contributed by atoms with Crippen LogP contribution in [0.1, 0.15) is 22.4 Å².